The van der Waals surface area contributed by atoms with E-state index in [0.717, 1.165) is 12.8 Å². The topological polar surface area (TPSA) is 74.6 Å². The molecule has 0 aliphatic carbocycles. The Labute approximate surface area is 134 Å². The predicted octanol–water partition coefficient (Wildman–Crippen LogP) is 0.301. The average Bonchev–Trinajstić information content (AvgIpc) is 2.04. The Hall–Kier alpha value is 0.940. The van der Waals surface area contributed by atoms with Crippen molar-refractivity contribution < 1.29 is 19.8 Å². The van der Waals surface area contributed by atoms with E-state index < -0.39 is 23.8 Å². The third kappa shape index (κ3) is 8.72. The van der Waals surface area contributed by atoms with Gasteiger partial charge in [0.05, 0.1) is 11.8 Å². The summed E-state index contributed by atoms with van der Waals surface area (Å²) in [6, 6.07) is 0. The molecule has 0 amide bonds. The number of unbranched alkanes of at least 4 members (excludes halogenated alkanes) is 1. The van der Waals surface area contributed by atoms with Gasteiger partial charge in [0.2, 0.25) is 0 Å². The molecule has 2 unspecified atom stereocenters. The van der Waals surface area contributed by atoms with E-state index in [1.54, 1.807) is 0 Å². The molecular formula is C9H18Na2O4. The van der Waals surface area contributed by atoms with Crippen molar-refractivity contribution in [3.05, 3.63) is 0 Å². The van der Waals surface area contributed by atoms with Crippen LogP contribution < -0.4 is 0 Å². The summed E-state index contributed by atoms with van der Waals surface area (Å²) >= 11 is 0. The first-order chi connectivity index (χ1) is 6.00. The van der Waals surface area contributed by atoms with E-state index in [9.17, 15) is 9.59 Å². The summed E-state index contributed by atoms with van der Waals surface area (Å²) in [5.74, 6) is -3.60. The van der Waals surface area contributed by atoms with Crippen LogP contribution in [-0.2, 0) is 9.59 Å². The minimum absolute atomic E-state index is 0. The predicted molar refractivity (Wildman–Crippen MR) is 61.7 cm³/mol. The SMILES string of the molecule is CCCCC(C(=O)O)C(C)C(=O)O.[NaH].[NaH]. The fourth-order valence-corrected chi connectivity index (χ4v) is 1.18. The third-order valence-electron chi connectivity index (χ3n) is 2.18. The van der Waals surface area contributed by atoms with Crippen molar-refractivity contribution >= 4 is 71.1 Å². The number of rotatable bonds is 6. The maximum atomic E-state index is 10.7. The molecule has 2 atom stereocenters. The first kappa shape index (κ1) is 21.2. The Kier molecular flexibility index (Phi) is 16.2. The van der Waals surface area contributed by atoms with Crippen LogP contribution in [0.4, 0.5) is 0 Å². The zero-order chi connectivity index (χ0) is 10.4. The molecule has 0 saturated heterocycles. The monoisotopic (exact) mass is 236 g/mol. The van der Waals surface area contributed by atoms with Crippen LogP contribution in [0.5, 0.6) is 0 Å². The molecule has 0 spiro atoms. The summed E-state index contributed by atoms with van der Waals surface area (Å²) in [6.07, 6.45) is 2.09. The van der Waals surface area contributed by atoms with Crippen LogP contribution in [0, 0.1) is 11.8 Å². The van der Waals surface area contributed by atoms with Gasteiger partial charge in [-0.05, 0) is 6.42 Å². The second kappa shape index (κ2) is 11.4. The van der Waals surface area contributed by atoms with Crippen LogP contribution in [0.25, 0.3) is 0 Å². The van der Waals surface area contributed by atoms with Gasteiger partial charge in [-0.1, -0.05) is 26.7 Å². The summed E-state index contributed by atoms with van der Waals surface area (Å²) in [6.45, 7) is 3.39. The summed E-state index contributed by atoms with van der Waals surface area (Å²) in [5, 5.41) is 17.4. The first-order valence-electron chi connectivity index (χ1n) is 4.46. The van der Waals surface area contributed by atoms with E-state index in [1.165, 1.54) is 6.92 Å². The Morgan fingerprint density at radius 1 is 1.13 bits per heavy atom. The van der Waals surface area contributed by atoms with Crippen molar-refractivity contribution in [2.24, 2.45) is 11.8 Å². The van der Waals surface area contributed by atoms with Crippen molar-refractivity contribution in [2.45, 2.75) is 33.1 Å². The Bertz CT molecular complexity index is 197. The fourth-order valence-electron chi connectivity index (χ4n) is 1.18. The minimum atomic E-state index is -1.04. The van der Waals surface area contributed by atoms with E-state index in [2.05, 4.69) is 0 Å². The molecule has 6 heteroatoms. The molecule has 0 heterocycles. The van der Waals surface area contributed by atoms with Gasteiger partial charge in [0.1, 0.15) is 0 Å². The van der Waals surface area contributed by atoms with Gasteiger partial charge in [0.15, 0.2) is 0 Å². The Morgan fingerprint density at radius 3 is 1.87 bits per heavy atom. The van der Waals surface area contributed by atoms with Crippen molar-refractivity contribution in [3.63, 3.8) is 0 Å². The molecule has 4 nitrogen and oxygen atoms in total. The van der Waals surface area contributed by atoms with Gasteiger partial charge >= 0.3 is 71.1 Å². The summed E-state index contributed by atoms with van der Waals surface area (Å²) < 4.78 is 0. The molecule has 0 fully saturated rings. The van der Waals surface area contributed by atoms with Gasteiger partial charge in [0.25, 0.3) is 0 Å². The van der Waals surface area contributed by atoms with Crippen molar-refractivity contribution in [1.29, 1.82) is 0 Å². The van der Waals surface area contributed by atoms with E-state index in [1.807, 2.05) is 6.92 Å². The van der Waals surface area contributed by atoms with E-state index >= 15 is 0 Å². The van der Waals surface area contributed by atoms with Crippen molar-refractivity contribution in [2.75, 3.05) is 0 Å². The number of carbonyl (C=O) groups is 2. The second-order valence-corrected chi connectivity index (χ2v) is 3.21. The van der Waals surface area contributed by atoms with E-state index in [4.69, 9.17) is 10.2 Å². The van der Waals surface area contributed by atoms with Crippen LogP contribution in [-0.4, -0.2) is 81.3 Å². The van der Waals surface area contributed by atoms with Crippen LogP contribution in [0.2, 0.25) is 0 Å². The number of hydrogen-bond acceptors (Lipinski definition) is 2. The first-order valence-corrected chi connectivity index (χ1v) is 4.46. The normalized spacial score (nSPS) is 12.9. The zero-order valence-corrected chi connectivity index (χ0v) is 7.99. The van der Waals surface area contributed by atoms with Gasteiger partial charge in [-0.15, -0.1) is 0 Å². The van der Waals surface area contributed by atoms with E-state index in [0.29, 0.717) is 6.42 Å². The molecule has 0 saturated carbocycles. The number of carboxylic acid groups (broad SMARTS) is 2. The quantitative estimate of drug-likeness (QED) is 0.650. The molecule has 0 aliphatic rings. The standard InChI is InChI=1S/C9H16O4.2Na.2H/c1-3-4-5-7(9(12)13)6(2)8(10)11;;;;/h6-7H,3-5H2,1-2H3,(H,10,11)(H,12,13);;;;. The van der Waals surface area contributed by atoms with Crippen molar-refractivity contribution in [1.82, 2.24) is 0 Å². The molecule has 80 valence electrons. The number of hydrogen-bond donors (Lipinski definition) is 2. The third-order valence-corrected chi connectivity index (χ3v) is 2.18. The van der Waals surface area contributed by atoms with E-state index in [-0.39, 0.29) is 59.1 Å². The molecule has 0 aliphatic heterocycles. The second-order valence-electron chi connectivity index (χ2n) is 3.21. The van der Waals surface area contributed by atoms with Gasteiger partial charge in [-0.3, -0.25) is 9.59 Å². The molecule has 0 aromatic heterocycles. The summed E-state index contributed by atoms with van der Waals surface area (Å²) in [4.78, 5) is 21.2. The van der Waals surface area contributed by atoms with Gasteiger partial charge in [-0.2, -0.15) is 0 Å². The zero-order valence-electron chi connectivity index (χ0n) is 7.99. The van der Waals surface area contributed by atoms with Crippen LogP contribution in [0.3, 0.4) is 0 Å². The number of aliphatic carboxylic acids is 2. The number of carboxylic acids is 2. The van der Waals surface area contributed by atoms with Gasteiger partial charge in [-0.25, -0.2) is 0 Å². The maximum absolute atomic E-state index is 10.7. The molecule has 0 aromatic carbocycles. The molecule has 15 heavy (non-hydrogen) atoms. The van der Waals surface area contributed by atoms with Crippen LogP contribution >= 0.6 is 0 Å². The van der Waals surface area contributed by atoms with Crippen LogP contribution in [0.15, 0.2) is 0 Å². The molecule has 2 N–H and O–H groups in total. The van der Waals surface area contributed by atoms with Crippen LogP contribution in [0.1, 0.15) is 33.1 Å². The van der Waals surface area contributed by atoms with Gasteiger partial charge < -0.3 is 10.2 Å². The molecule has 0 aromatic rings. The Balaban J connectivity index is -0.000000720. The van der Waals surface area contributed by atoms with Gasteiger partial charge in [0, 0.05) is 0 Å². The fraction of sp³-hybridized carbons (Fsp3) is 0.778. The van der Waals surface area contributed by atoms with Crippen molar-refractivity contribution in [3.8, 4) is 0 Å². The molecular weight excluding hydrogens is 218 g/mol. The molecule has 0 radical (unpaired) electrons. The summed E-state index contributed by atoms with van der Waals surface area (Å²) in [7, 11) is 0. The summed E-state index contributed by atoms with van der Waals surface area (Å²) in [5.41, 5.74) is 0. The Morgan fingerprint density at radius 2 is 1.60 bits per heavy atom. The molecule has 0 bridgehead atoms. The average molecular weight is 236 g/mol. The molecule has 0 rings (SSSR count).